The Kier molecular flexibility index (Phi) is 5.67. The fourth-order valence-corrected chi connectivity index (χ4v) is 4.18. The van der Waals surface area contributed by atoms with E-state index in [2.05, 4.69) is 11.4 Å². The van der Waals surface area contributed by atoms with Crippen LogP contribution in [0.2, 0.25) is 10.0 Å². The first kappa shape index (κ1) is 21.9. The number of nitrogens with zero attached hydrogens (tertiary/aromatic N) is 2. The number of barbiturate groups is 1. The van der Waals surface area contributed by atoms with Gasteiger partial charge in [0.15, 0.2) is 0 Å². The van der Waals surface area contributed by atoms with E-state index in [1.807, 2.05) is 49.6 Å². The Bertz CT molecular complexity index is 1320. The van der Waals surface area contributed by atoms with Crippen LogP contribution in [0.15, 0.2) is 54.1 Å². The molecule has 6 nitrogen and oxygen atoms in total. The number of imide groups is 2. The van der Waals surface area contributed by atoms with Crippen molar-refractivity contribution in [1.82, 2.24) is 9.88 Å². The van der Waals surface area contributed by atoms with Gasteiger partial charge < -0.3 is 4.57 Å². The van der Waals surface area contributed by atoms with Gasteiger partial charge >= 0.3 is 6.03 Å². The van der Waals surface area contributed by atoms with Gasteiger partial charge in [-0.15, -0.1) is 0 Å². The van der Waals surface area contributed by atoms with Gasteiger partial charge in [-0.25, -0.2) is 9.69 Å². The van der Waals surface area contributed by atoms with E-state index in [0.717, 1.165) is 27.5 Å². The van der Waals surface area contributed by atoms with E-state index in [1.165, 1.54) is 12.1 Å². The molecule has 0 bridgehead atoms. The Morgan fingerprint density at radius 3 is 2.38 bits per heavy atom. The first-order valence-electron chi connectivity index (χ1n) is 9.80. The number of nitrogens with one attached hydrogen (secondary N) is 1. The van der Waals surface area contributed by atoms with Crippen LogP contribution in [-0.4, -0.2) is 22.4 Å². The van der Waals surface area contributed by atoms with Gasteiger partial charge in [0.1, 0.15) is 5.57 Å². The van der Waals surface area contributed by atoms with E-state index in [1.54, 1.807) is 12.1 Å². The van der Waals surface area contributed by atoms with Gasteiger partial charge in [-0.05, 0) is 68.3 Å². The molecule has 0 spiro atoms. The first-order chi connectivity index (χ1) is 15.2. The van der Waals surface area contributed by atoms with E-state index in [9.17, 15) is 14.4 Å². The van der Waals surface area contributed by atoms with Crippen molar-refractivity contribution in [3.05, 3.63) is 86.7 Å². The third-order valence-electron chi connectivity index (χ3n) is 5.30. The number of aryl methyl sites for hydroxylation is 2. The maximum Gasteiger partial charge on any atom is 0.336 e. The molecule has 4 rings (SSSR count). The lowest BCUT2D eigenvalue weighted by atomic mass is 10.1. The van der Waals surface area contributed by atoms with E-state index in [0.29, 0.717) is 5.56 Å². The van der Waals surface area contributed by atoms with Crippen LogP contribution in [0.5, 0.6) is 0 Å². The number of rotatable bonds is 3. The highest BCUT2D eigenvalue weighted by Crippen LogP contribution is 2.34. The highest BCUT2D eigenvalue weighted by Gasteiger charge is 2.38. The zero-order valence-corrected chi connectivity index (χ0v) is 19.1. The summed E-state index contributed by atoms with van der Waals surface area (Å²) < 4.78 is 2.04. The molecular weight excluding hydrogens is 449 g/mol. The van der Waals surface area contributed by atoms with E-state index >= 15 is 0 Å². The zero-order valence-electron chi connectivity index (χ0n) is 17.6. The molecule has 0 aliphatic carbocycles. The standard InChI is InChI=1S/C24H19Cl2N3O3/c1-13-6-4-7-17(10-13)28-14(2)11-16(15(28)3)12-18-22(30)27-24(32)29(23(18)31)20-9-5-8-19(25)21(20)26/h4-12H,1-3H3,(H,27,30,32). The van der Waals surface area contributed by atoms with Crippen molar-refractivity contribution in [3.8, 4) is 5.69 Å². The van der Waals surface area contributed by atoms with Gasteiger partial charge in [0.2, 0.25) is 0 Å². The Balaban J connectivity index is 1.79. The predicted octanol–water partition coefficient (Wildman–Crippen LogP) is 5.38. The van der Waals surface area contributed by atoms with Crippen molar-refractivity contribution < 1.29 is 14.4 Å². The summed E-state index contributed by atoms with van der Waals surface area (Å²) in [6.07, 6.45) is 1.49. The van der Waals surface area contributed by atoms with Crippen LogP contribution in [0.25, 0.3) is 11.8 Å². The van der Waals surface area contributed by atoms with Gasteiger partial charge in [-0.1, -0.05) is 41.4 Å². The van der Waals surface area contributed by atoms with Gasteiger partial charge in [-0.3, -0.25) is 14.9 Å². The summed E-state index contributed by atoms with van der Waals surface area (Å²) in [5.74, 6) is -1.54. The lowest BCUT2D eigenvalue weighted by Gasteiger charge is -2.27. The first-order valence-corrected chi connectivity index (χ1v) is 10.6. The Hall–Kier alpha value is -3.35. The Labute approximate surface area is 195 Å². The minimum atomic E-state index is -0.883. The second-order valence-electron chi connectivity index (χ2n) is 7.53. The molecule has 0 unspecified atom stereocenters. The van der Waals surface area contributed by atoms with Crippen LogP contribution in [-0.2, 0) is 9.59 Å². The minimum Gasteiger partial charge on any atom is -0.318 e. The Morgan fingerprint density at radius 1 is 0.938 bits per heavy atom. The fourth-order valence-electron chi connectivity index (χ4n) is 3.79. The fraction of sp³-hybridized carbons (Fsp3) is 0.125. The number of benzene rings is 2. The lowest BCUT2D eigenvalue weighted by molar-refractivity contribution is -0.122. The number of halogens is 2. The SMILES string of the molecule is Cc1cccc(-n2c(C)cc(C=C3C(=O)NC(=O)N(c4cccc(Cl)c4Cl)C3=O)c2C)c1. The third kappa shape index (κ3) is 3.72. The van der Waals surface area contributed by atoms with Gasteiger partial charge in [-0.2, -0.15) is 0 Å². The highest BCUT2D eigenvalue weighted by atomic mass is 35.5. The molecule has 32 heavy (non-hydrogen) atoms. The number of aromatic nitrogens is 1. The van der Waals surface area contributed by atoms with Crippen LogP contribution in [0.4, 0.5) is 10.5 Å². The van der Waals surface area contributed by atoms with E-state index in [4.69, 9.17) is 23.2 Å². The highest BCUT2D eigenvalue weighted by molar-refractivity contribution is 6.46. The van der Waals surface area contributed by atoms with Crippen LogP contribution < -0.4 is 10.2 Å². The van der Waals surface area contributed by atoms with Crippen molar-refractivity contribution in [1.29, 1.82) is 0 Å². The molecule has 0 radical (unpaired) electrons. The molecule has 1 aromatic heterocycles. The summed E-state index contributed by atoms with van der Waals surface area (Å²) >= 11 is 12.3. The second-order valence-corrected chi connectivity index (χ2v) is 8.32. The smallest absolute Gasteiger partial charge is 0.318 e. The number of anilines is 1. The summed E-state index contributed by atoms with van der Waals surface area (Å²) in [6.45, 7) is 5.86. The third-order valence-corrected chi connectivity index (χ3v) is 6.11. The summed E-state index contributed by atoms with van der Waals surface area (Å²) in [5, 5.41) is 2.44. The predicted molar refractivity (Wildman–Crippen MR) is 125 cm³/mol. The molecule has 3 aromatic rings. The molecule has 2 heterocycles. The van der Waals surface area contributed by atoms with Crippen molar-refractivity contribution >= 4 is 52.8 Å². The van der Waals surface area contributed by atoms with Crippen LogP contribution in [0, 0.1) is 20.8 Å². The lowest BCUT2D eigenvalue weighted by Crippen LogP contribution is -2.54. The zero-order chi connectivity index (χ0) is 23.2. The van der Waals surface area contributed by atoms with E-state index < -0.39 is 17.8 Å². The monoisotopic (exact) mass is 467 g/mol. The molecule has 8 heteroatoms. The summed E-state index contributed by atoms with van der Waals surface area (Å²) in [5.41, 5.74) is 4.50. The van der Waals surface area contributed by atoms with Crippen LogP contribution in [0.1, 0.15) is 22.5 Å². The largest absolute Gasteiger partial charge is 0.336 e. The van der Waals surface area contributed by atoms with Crippen molar-refractivity contribution in [3.63, 3.8) is 0 Å². The van der Waals surface area contributed by atoms with Gasteiger partial charge in [0, 0.05) is 17.1 Å². The molecule has 4 amide bonds. The van der Waals surface area contributed by atoms with Crippen molar-refractivity contribution in [2.24, 2.45) is 0 Å². The molecule has 0 saturated carbocycles. The Morgan fingerprint density at radius 2 is 1.66 bits per heavy atom. The van der Waals surface area contributed by atoms with Crippen molar-refractivity contribution in [2.75, 3.05) is 4.90 Å². The average Bonchev–Trinajstić information content (AvgIpc) is 3.01. The molecule has 2 aromatic carbocycles. The molecule has 1 saturated heterocycles. The molecule has 1 N–H and O–H groups in total. The minimum absolute atomic E-state index is 0.0454. The van der Waals surface area contributed by atoms with Crippen molar-refractivity contribution in [2.45, 2.75) is 20.8 Å². The maximum atomic E-state index is 13.2. The number of hydrogen-bond acceptors (Lipinski definition) is 3. The van der Waals surface area contributed by atoms with Crippen LogP contribution >= 0.6 is 23.2 Å². The van der Waals surface area contributed by atoms with E-state index in [-0.39, 0.29) is 21.3 Å². The van der Waals surface area contributed by atoms with Gasteiger partial charge in [0.25, 0.3) is 11.8 Å². The summed E-state index contributed by atoms with van der Waals surface area (Å²) in [6, 6.07) is 13.6. The molecule has 162 valence electrons. The average molecular weight is 468 g/mol. The van der Waals surface area contributed by atoms with Crippen LogP contribution in [0.3, 0.4) is 0 Å². The quantitative estimate of drug-likeness (QED) is 0.415. The molecule has 1 aliphatic heterocycles. The molecule has 0 atom stereocenters. The topological polar surface area (TPSA) is 71.4 Å². The normalized spacial score (nSPS) is 15.5. The molecule has 1 aliphatic rings. The molecule has 1 fully saturated rings. The molecular formula is C24H19Cl2N3O3. The number of carbonyl (C=O) groups is 3. The summed E-state index contributed by atoms with van der Waals surface area (Å²) in [4.78, 5) is 39.0. The summed E-state index contributed by atoms with van der Waals surface area (Å²) in [7, 11) is 0. The number of amides is 4. The number of urea groups is 1. The maximum absolute atomic E-state index is 13.2. The number of hydrogen-bond donors (Lipinski definition) is 1. The number of carbonyl (C=O) groups excluding carboxylic acids is 3. The second kappa shape index (κ2) is 8.30. The van der Waals surface area contributed by atoms with Gasteiger partial charge in [0.05, 0.1) is 15.7 Å².